The fourth-order valence-electron chi connectivity index (χ4n) is 2.65. The summed E-state index contributed by atoms with van der Waals surface area (Å²) in [6.07, 6.45) is 6.82. The maximum Gasteiger partial charge on any atom is 0.00697 e. The third-order valence-electron chi connectivity index (χ3n) is 3.88. The quantitative estimate of drug-likeness (QED) is 0.705. The van der Waals surface area contributed by atoms with E-state index in [0.29, 0.717) is 0 Å². The molecule has 90 valence electrons. The molecule has 1 fully saturated rings. The lowest BCUT2D eigenvalue weighted by Gasteiger charge is -2.39. The van der Waals surface area contributed by atoms with Crippen LogP contribution in [0.4, 0.5) is 0 Å². The fraction of sp³-hybridized carbons (Fsp3) is 1.00. The maximum absolute atomic E-state index is 4.30. The van der Waals surface area contributed by atoms with E-state index >= 15 is 0 Å². The molecule has 1 rings (SSSR count). The number of rotatable bonds is 5. The zero-order chi connectivity index (χ0) is 11.3. The smallest absolute Gasteiger partial charge is 0.00697 e. The summed E-state index contributed by atoms with van der Waals surface area (Å²) in [7, 11) is 0. The lowest BCUT2D eigenvalue weighted by Crippen LogP contribution is -2.44. The molecule has 0 aromatic heterocycles. The lowest BCUT2D eigenvalue weighted by molar-refractivity contribution is 0.0967. The number of thiol groups is 1. The molecule has 0 aliphatic carbocycles. The first kappa shape index (κ1) is 13.4. The van der Waals surface area contributed by atoms with E-state index in [2.05, 4.69) is 38.3 Å². The van der Waals surface area contributed by atoms with Gasteiger partial charge in [0, 0.05) is 12.1 Å². The highest BCUT2D eigenvalue weighted by Gasteiger charge is 2.24. The van der Waals surface area contributed by atoms with Gasteiger partial charge in [0.2, 0.25) is 0 Å². The molecule has 3 atom stereocenters. The normalized spacial score (nSPS) is 30.4. The van der Waals surface area contributed by atoms with Crippen molar-refractivity contribution in [3.63, 3.8) is 0 Å². The standard InChI is InChI=1S/C13H27NS/c1-11(8-10-15)7-9-14-12(2)5-4-6-13(14)3/h11-13,15H,4-10H2,1-3H3. The largest absolute Gasteiger partial charge is 0.298 e. The maximum atomic E-state index is 4.30. The SMILES string of the molecule is CC(CCS)CCN1C(C)CCCC1C. The van der Waals surface area contributed by atoms with Crippen molar-refractivity contribution in [2.75, 3.05) is 12.3 Å². The highest BCUT2D eigenvalue weighted by Crippen LogP contribution is 2.23. The second kappa shape index (κ2) is 6.80. The molecule has 1 aliphatic heterocycles. The van der Waals surface area contributed by atoms with Gasteiger partial charge in [-0.05, 0) is 57.7 Å². The Morgan fingerprint density at radius 3 is 2.33 bits per heavy atom. The van der Waals surface area contributed by atoms with Crippen LogP contribution in [-0.2, 0) is 0 Å². The van der Waals surface area contributed by atoms with Crippen molar-refractivity contribution in [2.24, 2.45) is 5.92 Å². The molecular weight excluding hydrogens is 202 g/mol. The van der Waals surface area contributed by atoms with Gasteiger partial charge in [-0.1, -0.05) is 13.3 Å². The molecule has 1 heterocycles. The number of hydrogen-bond acceptors (Lipinski definition) is 2. The van der Waals surface area contributed by atoms with Crippen LogP contribution >= 0.6 is 12.6 Å². The van der Waals surface area contributed by atoms with Crippen molar-refractivity contribution < 1.29 is 0 Å². The molecule has 2 heteroatoms. The molecule has 3 unspecified atom stereocenters. The van der Waals surface area contributed by atoms with Crippen molar-refractivity contribution >= 4 is 12.6 Å². The molecule has 1 saturated heterocycles. The van der Waals surface area contributed by atoms with Crippen molar-refractivity contribution in [1.29, 1.82) is 0 Å². The van der Waals surface area contributed by atoms with Crippen LogP contribution in [0.25, 0.3) is 0 Å². The first-order valence-electron chi connectivity index (χ1n) is 6.51. The monoisotopic (exact) mass is 229 g/mol. The Bertz CT molecular complexity index is 162. The van der Waals surface area contributed by atoms with Crippen molar-refractivity contribution in [3.8, 4) is 0 Å². The van der Waals surface area contributed by atoms with Crippen LogP contribution in [0, 0.1) is 5.92 Å². The van der Waals surface area contributed by atoms with Crippen LogP contribution in [0.2, 0.25) is 0 Å². The first-order valence-corrected chi connectivity index (χ1v) is 7.15. The minimum Gasteiger partial charge on any atom is -0.298 e. The molecule has 0 amide bonds. The summed E-state index contributed by atoms with van der Waals surface area (Å²) in [5.74, 6) is 1.87. The molecule has 0 radical (unpaired) electrons. The summed E-state index contributed by atoms with van der Waals surface area (Å²) in [6.45, 7) is 8.42. The Hall–Kier alpha value is 0.310. The van der Waals surface area contributed by atoms with Gasteiger partial charge in [-0.3, -0.25) is 4.90 Å². The molecular formula is C13H27NS. The molecule has 0 aromatic rings. The van der Waals surface area contributed by atoms with E-state index in [-0.39, 0.29) is 0 Å². The Kier molecular flexibility index (Phi) is 6.06. The van der Waals surface area contributed by atoms with E-state index in [4.69, 9.17) is 0 Å². The van der Waals surface area contributed by atoms with Crippen LogP contribution in [0.3, 0.4) is 0 Å². The van der Waals surface area contributed by atoms with Gasteiger partial charge in [0.1, 0.15) is 0 Å². The third-order valence-corrected chi connectivity index (χ3v) is 4.14. The van der Waals surface area contributed by atoms with E-state index in [1.165, 1.54) is 38.6 Å². The van der Waals surface area contributed by atoms with Gasteiger partial charge >= 0.3 is 0 Å². The Balaban J connectivity index is 2.28. The van der Waals surface area contributed by atoms with Gasteiger partial charge < -0.3 is 0 Å². The summed E-state index contributed by atoms with van der Waals surface area (Å²) in [5.41, 5.74) is 0. The first-order chi connectivity index (χ1) is 7.15. The highest BCUT2D eigenvalue weighted by atomic mass is 32.1. The van der Waals surface area contributed by atoms with E-state index < -0.39 is 0 Å². The molecule has 0 aromatic carbocycles. The van der Waals surface area contributed by atoms with E-state index in [1.807, 2.05) is 0 Å². The predicted molar refractivity (Wildman–Crippen MR) is 71.7 cm³/mol. The van der Waals surface area contributed by atoms with Gasteiger partial charge in [-0.2, -0.15) is 12.6 Å². The van der Waals surface area contributed by atoms with E-state index in [9.17, 15) is 0 Å². The average molecular weight is 229 g/mol. The number of hydrogen-bond donors (Lipinski definition) is 1. The summed E-state index contributed by atoms with van der Waals surface area (Å²) in [4.78, 5) is 2.71. The molecule has 15 heavy (non-hydrogen) atoms. The summed E-state index contributed by atoms with van der Waals surface area (Å²) >= 11 is 4.30. The zero-order valence-corrected chi connectivity index (χ0v) is 11.5. The molecule has 1 nitrogen and oxygen atoms in total. The number of likely N-dealkylation sites (tertiary alicyclic amines) is 1. The molecule has 1 aliphatic rings. The Labute approximate surface area is 101 Å². The Morgan fingerprint density at radius 2 is 1.80 bits per heavy atom. The lowest BCUT2D eigenvalue weighted by atomic mass is 9.96. The minimum atomic E-state index is 0.803. The van der Waals surface area contributed by atoms with Crippen LogP contribution in [0.5, 0.6) is 0 Å². The van der Waals surface area contributed by atoms with Crippen LogP contribution in [-0.4, -0.2) is 29.3 Å². The highest BCUT2D eigenvalue weighted by molar-refractivity contribution is 7.80. The fourth-order valence-corrected chi connectivity index (χ4v) is 3.09. The van der Waals surface area contributed by atoms with Crippen LogP contribution in [0.1, 0.15) is 52.9 Å². The van der Waals surface area contributed by atoms with Crippen molar-refractivity contribution in [1.82, 2.24) is 4.90 Å². The molecule has 0 bridgehead atoms. The van der Waals surface area contributed by atoms with Gasteiger partial charge in [0.15, 0.2) is 0 Å². The average Bonchev–Trinajstić information content (AvgIpc) is 2.17. The minimum absolute atomic E-state index is 0.803. The van der Waals surface area contributed by atoms with Gasteiger partial charge in [0.05, 0.1) is 0 Å². The number of piperidine rings is 1. The van der Waals surface area contributed by atoms with Crippen LogP contribution < -0.4 is 0 Å². The predicted octanol–water partition coefficient (Wildman–Crippen LogP) is 3.60. The molecule has 0 N–H and O–H groups in total. The molecule has 0 saturated carbocycles. The van der Waals surface area contributed by atoms with Gasteiger partial charge in [-0.15, -0.1) is 0 Å². The number of nitrogens with zero attached hydrogens (tertiary/aromatic N) is 1. The van der Waals surface area contributed by atoms with E-state index in [0.717, 1.165) is 23.8 Å². The van der Waals surface area contributed by atoms with Gasteiger partial charge in [0.25, 0.3) is 0 Å². The topological polar surface area (TPSA) is 3.24 Å². The molecule has 0 spiro atoms. The van der Waals surface area contributed by atoms with Gasteiger partial charge in [-0.25, -0.2) is 0 Å². The zero-order valence-electron chi connectivity index (χ0n) is 10.6. The second-order valence-corrected chi connectivity index (χ2v) is 5.72. The van der Waals surface area contributed by atoms with Crippen LogP contribution in [0.15, 0.2) is 0 Å². The van der Waals surface area contributed by atoms with Crippen molar-refractivity contribution in [2.45, 2.75) is 65.0 Å². The summed E-state index contributed by atoms with van der Waals surface area (Å²) < 4.78 is 0. The van der Waals surface area contributed by atoms with E-state index in [1.54, 1.807) is 0 Å². The van der Waals surface area contributed by atoms with Crippen molar-refractivity contribution in [3.05, 3.63) is 0 Å². The second-order valence-electron chi connectivity index (χ2n) is 5.27. The summed E-state index contributed by atoms with van der Waals surface area (Å²) in [5, 5.41) is 0. The third kappa shape index (κ3) is 4.36. The Morgan fingerprint density at radius 1 is 1.20 bits per heavy atom. The summed E-state index contributed by atoms with van der Waals surface area (Å²) in [6, 6.07) is 1.61.